The number of hydrogen-bond acceptors (Lipinski definition) is 1. The molecule has 2 heteroatoms. The van der Waals surface area contributed by atoms with Gasteiger partial charge in [-0.25, -0.2) is 0 Å². The van der Waals surface area contributed by atoms with Gasteiger partial charge in [-0.2, -0.15) is 0 Å². The maximum absolute atomic E-state index is 11.9. The van der Waals surface area contributed by atoms with Crippen LogP contribution < -0.4 is 0 Å². The Bertz CT molecular complexity index is 384. The standard InChI is InChI=1S/C12H15NO/c1-8-5-4-6-10-9(2)7-13(3)12(14)11(8)10/h4-6,9H,7H2,1-3H3. The molecule has 74 valence electrons. The first-order chi connectivity index (χ1) is 6.61. The predicted octanol–water partition coefficient (Wildman–Crippen LogP) is 2.18. The molecule has 2 nitrogen and oxygen atoms in total. The third-order valence-corrected chi connectivity index (χ3v) is 2.94. The van der Waals surface area contributed by atoms with Gasteiger partial charge in [0.15, 0.2) is 0 Å². The molecule has 1 atom stereocenters. The van der Waals surface area contributed by atoms with Crippen molar-refractivity contribution in [2.75, 3.05) is 13.6 Å². The lowest BCUT2D eigenvalue weighted by Crippen LogP contribution is -2.36. The average molecular weight is 189 g/mol. The highest BCUT2D eigenvalue weighted by molar-refractivity contribution is 5.98. The minimum Gasteiger partial charge on any atom is -0.341 e. The molecule has 2 rings (SSSR count). The van der Waals surface area contributed by atoms with Crippen LogP contribution in [0.5, 0.6) is 0 Å². The second-order valence-corrected chi connectivity index (χ2v) is 4.13. The van der Waals surface area contributed by atoms with Gasteiger partial charge in [-0.1, -0.05) is 25.1 Å². The fourth-order valence-electron chi connectivity index (χ4n) is 2.18. The van der Waals surface area contributed by atoms with Gasteiger partial charge in [-0.15, -0.1) is 0 Å². The summed E-state index contributed by atoms with van der Waals surface area (Å²) >= 11 is 0. The summed E-state index contributed by atoms with van der Waals surface area (Å²) in [5.41, 5.74) is 3.20. The van der Waals surface area contributed by atoms with Gasteiger partial charge in [0, 0.05) is 19.2 Å². The van der Waals surface area contributed by atoms with E-state index in [0.29, 0.717) is 5.92 Å². The molecule has 1 aromatic carbocycles. The molecule has 0 saturated heterocycles. The second-order valence-electron chi connectivity index (χ2n) is 4.13. The minimum atomic E-state index is 0.163. The number of likely N-dealkylation sites (N-methyl/N-ethyl adjacent to an activating group) is 1. The number of fused-ring (bicyclic) bond motifs is 1. The Hall–Kier alpha value is -1.31. The zero-order valence-corrected chi connectivity index (χ0v) is 8.87. The van der Waals surface area contributed by atoms with Crippen molar-refractivity contribution in [1.29, 1.82) is 0 Å². The third-order valence-electron chi connectivity index (χ3n) is 2.94. The van der Waals surface area contributed by atoms with E-state index in [2.05, 4.69) is 13.0 Å². The molecule has 0 bridgehead atoms. The molecule has 0 N–H and O–H groups in total. The van der Waals surface area contributed by atoms with E-state index in [4.69, 9.17) is 0 Å². The molecule has 1 amide bonds. The van der Waals surface area contributed by atoms with Gasteiger partial charge >= 0.3 is 0 Å². The van der Waals surface area contributed by atoms with Crippen molar-refractivity contribution in [2.24, 2.45) is 0 Å². The first-order valence-electron chi connectivity index (χ1n) is 4.96. The summed E-state index contributed by atoms with van der Waals surface area (Å²) in [4.78, 5) is 13.7. The molecule has 0 aliphatic carbocycles. The van der Waals surface area contributed by atoms with Crippen LogP contribution in [0.3, 0.4) is 0 Å². The van der Waals surface area contributed by atoms with Crippen LogP contribution in [0.4, 0.5) is 0 Å². The lowest BCUT2D eigenvalue weighted by molar-refractivity contribution is 0.0767. The van der Waals surface area contributed by atoms with Crippen molar-refractivity contribution in [3.63, 3.8) is 0 Å². The molecule has 1 heterocycles. The van der Waals surface area contributed by atoms with Crippen LogP contribution in [0.1, 0.15) is 34.3 Å². The van der Waals surface area contributed by atoms with E-state index in [1.54, 1.807) is 4.90 Å². The number of rotatable bonds is 0. The van der Waals surface area contributed by atoms with Crippen LogP contribution in [-0.4, -0.2) is 24.4 Å². The van der Waals surface area contributed by atoms with E-state index in [1.807, 2.05) is 26.1 Å². The second kappa shape index (κ2) is 3.12. The average Bonchev–Trinajstić information content (AvgIpc) is 2.14. The largest absolute Gasteiger partial charge is 0.341 e. The zero-order valence-electron chi connectivity index (χ0n) is 8.87. The van der Waals surface area contributed by atoms with E-state index >= 15 is 0 Å². The number of aryl methyl sites for hydroxylation is 1. The highest BCUT2D eigenvalue weighted by atomic mass is 16.2. The first kappa shape index (κ1) is 9.25. The van der Waals surface area contributed by atoms with Crippen LogP contribution in [-0.2, 0) is 0 Å². The van der Waals surface area contributed by atoms with Gasteiger partial charge in [0.1, 0.15) is 0 Å². The molecule has 1 aromatic rings. The molecule has 0 radical (unpaired) electrons. The van der Waals surface area contributed by atoms with Gasteiger partial charge in [-0.05, 0) is 24.0 Å². The summed E-state index contributed by atoms with van der Waals surface area (Å²) in [6.45, 7) is 5.00. The Kier molecular flexibility index (Phi) is 2.06. The third kappa shape index (κ3) is 1.22. The highest BCUT2D eigenvalue weighted by Gasteiger charge is 2.27. The predicted molar refractivity (Wildman–Crippen MR) is 56.6 cm³/mol. The van der Waals surface area contributed by atoms with Crippen LogP contribution in [0.15, 0.2) is 18.2 Å². The fraction of sp³-hybridized carbons (Fsp3) is 0.417. The lowest BCUT2D eigenvalue weighted by Gasteiger charge is -2.30. The van der Waals surface area contributed by atoms with Crippen LogP contribution in [0.2, 0.25) is 0 Å². The van der Waals surface area contributed by atoms with Crippen molar-refractivity contribution in [2.45, 2.75) is 19.8 Å². The quantitative estimate of drug-likeness (QED) is 0.612. The normalized spacial score (nSPS) is 20.9. The van der Waals surface area contributed by atoms with Gasteiger partial charge in [0.05, 0.1) is 0 Å². The van der Waals surface area contributed by atoms with Gasteiger partial charge in [0.2, 0.25) is 0 Å². The number of amides is 1. The highest BCUT2D eigenvalue weighted by Crippen LogP contribution is 2.28. The van der Waals surface area contributed by atoms with E-state index in [-0.39, 0.29) is 5.91 Å². The summed E-state index contributed by atoms with van der Waals surface area (Å²) in [7, 11) is 1.87. The molecule has 0 saturated carbocycles. The Morgan fingerprint density at radius 1 is 1.43 bits per heavy atom. The SMILES string of the molecule is Cc1cccc2c1C(=O)N(C)CC2C. The molecular formula is C12H15NO. The fourth-order valence-corrected chi connectivity index (χ4v) is 2.18. The van der Waals surface area contributed by atoms with Crippen molar-refractivity contribution < 1.29 is 4.79 Å². The Labute approximate surface area is 84.5 Å². The summed E-state index contributed by atoms with van der Waals surface area (Å²) in [6.07, 6.45) is 0. The maximum atomic E-state index is 11.9. The van der Waals surface area contributed by atoms with Crippen molar-refractivity contribution in [3.05, 3.63) is 34.9 Å². The summed E-state index contributed by atoms with van der Waals surface area (Å²) < 4.78 is 0. The summed E-state index contributed by atoms with van der Waals surface area (Å²) in [6, 6.07) is 6.10. The number of nitrogens with zero attached hydrogens (tertiary/aromatic N) is 1. The molecule has 1 aliphatic heterocycles. The van der Waals surface area contributed by atoms with Gasteiger partial charge in [-0.3, -0.25) is 4.79 Å². The monoisotopic (exact) mass is 189 g/mol. The molecule has 0 spiro atoms. The van der Waals surface area contributed by atoms with Crippen LogP contribution >= 0.6 is 0 Å². The van der Waals surface area contributed by atoms with E-state index in [9.17, 15) is 4.79 Å². The van der Waals surface area contributed by atoms with Crippen LogP contribution in [0.25, 0.3) is 0 Å². The van der Waals surface area contributed by atoms with Crippen molar-refractivity contribution in [1.82, 2.24) is 4.90 Å². The van der Waals surface area contributed by atoms with Gasteiger partial charge in [0.25, 0.3) is 5.91 Å². The minimum absolute atomic E-state index is 0.163. The van der Waals surface area contributed by atoms with Gasteiger partial charge < -0.3 is 4.90 Å². The molecular weight excluding hydrogens is 174 g/mol. The van der Waals surface area contributed by atoms with E-state index in [1.165, 1.54) is 5.56 Å². The molecule has 1 aliphatic rings. The number of hydrogen-bond donors (Lipinski definition) is 0. The first-order valence-corrected chi connectivity index (χ1v) is 4.96. The Morgan fingerprint density at radius 2 is 2.14 bits per heavy atom. The van der Waals surface area contributed by atoms with E-state index < -0.39 is 0 Å². The topological polar surface area (TPSA) is 20.3 Å². The maximum Gasteiger partial charge on any atom is 0.254 e. The van der Waals surface area contributed by atoms with Crippen molar-refractivity contribution in [3.8, 4) is 0 Å². The summed E-state index contributed by atoms with van der Waals surface area (Å²) in [5.74, 6) is 0.615. The Morgan fingerprint density at radius 3 is 2.86 bits per heavy atom. The molecule has 1 unspecified atom stereocenters. The lowest BCUT2D eigenvalue weighted by atomic mass is 9.88. The number of carbonyl (C=O) groups is 1. The number of carbonyl (C=O) groups excluding carboxylic acids is 1. The van der Waals surface area contributed by atoms with Crippen LogP contribution in [0, 0.1) is 6.92 Å². The smallest absolute Gasteiger partial charge is 0.254 e. The molecule has 0 aromatic heterocycles. The van der Waals surface area contributed by atoms with Crippen molar-refractivity contribution >= 4 is 5.91 Å². The Balaban J connectivity index is 2.62. The summed E-state index contributed by atoms with van der Waals surface area (Å²) in [5, 5.41) is 0. The van der Waals surface area contributed by atoms with E-state index in [0.717, 1.165) is 17.7 Å². The molecule has 0 fully saturated rings. The zero-order chi connectivity index (χ0) is 10.3. The molecule has 14 heavy (non-hydrogen) atoms. The number of benzene rings is 1.